The van der Waals surface area contributed by atoms with E-state index in [0.29, 0.717) is 24.1 Å². The van der Waals surface area contributed by atoms with Crippen molar-refractivity contribution in [2.75, 3.05) is 25.1 Å². The van der Waals surface area contributed by atoms with Gasteiger partial charge in [0.05, 0.1) is 16.8 Å². The molecule has 0 amide bonds. The second-order valence-corrected chi connectivity index (χ2v) is 5.70. The molecule has 1 saturated carbocycles. The number of rotatable bonds is 7. The third-order valence-corrected chi connectivity index (χ3v) is 3.75. The minimum atomic E-state index is -4.30. The molecular weight excluding hydrogens is 351 g/mol. The van der Waals surface area contributed by atoms with E-state index in [0.717, 1.165) is 23.0 Å². The van der Waals surface area contributed by atoms with Crippen LogP contribution in [0.1, 0.15) is 37.2 Å². The molecule has 1 fully saturated rings. The molecule has 0 aromatic carbocycles. The van der Waals surface area contributed by atoms with E-state index in [4.69, 9.17) is 0 Å². The van der Waals surface area contributed by atoms with Gasteiger partial charge in [0, 0.05) is 18.9 Å². The summed E-state index contributed by atoms with van der Waals surface area (Å²) in [7, 11) is 0. The molecule has 1 heterocycles. The number of hydrogen-bond donors (Lipinski definition) is 1. The summed E-state index contributed by atoms with van der Waals surface area (Å²) >= 11 is 3.50. The van der Waals surface area contributed by atoms with E-state index in [-0.39, 0.29) is 13.0 Å². The molecule has 1 N–H and O–H groups in total. The Morgan fingerprint density at radius 2 is 2.05 bits per heavy atom. The summed E-state index contributed by atoms with van der Waals surface area (Å²) in [4.78, 5) is 8.79. The third kappa shape index (κ3) is 5.10. The monoisotopic (exact) mass is 367 g/mol. The summed E-state index contributed by atoms with van der Waals surface area (Å²) in [6, 6.07) is 0. The van der Waals surface area contributed by atoms with Crippen LogP contribution in [0.15, 0.2) is 4.47 Å². The van der Waals surface area contributed by atoms with Gasteiger partial charge in [0.1, 0.15) is 18.2 Å². The summed E-state index contributed by atoms with van der Waals surface area (Å²) in [5.74, 6) is 1.63. The van der Waals surface area contributed by atoms with Crippen molar-refractivity contribution in [1.29, 1.82) is 0 Å². The molecule has 0 aliphatic heterocycles. The van der Waals surface area contributed by atoms with Crippen LogP contribution in [0.2, 0.25) is 0 Å². The number of alkyl halides is 3. The number of nitrogens with one attached hydrogen (secondary N) is 1. The Labute approximate surface area is 129 Å². The predicted octanol–water partition coefficient (Wildman–Crippen LogP) is 3.67. The van der Waals surface area contributed by atoms with Gasteiger partial charge in [-0.15, -0.1) is 0 Å². The molecule has 4 nitrogen and oxygen atoms in total. The zero-order valence-corrected chi connectivity index (χ0v) is 13.2. The van der Waals surface area contributed by atoms with Gasteiger partial charge in [0.15, 0.2) is 0 Å². The molecule has 0 bridgehead atoms. The molecule has 1 aliphatic rings. The van der Waals surface area contributed by atoms with Crippen LogP contribution in [0.5, 0.6) is 0 Å². The van der Waals surface area contributed by atoms with E-state index in [1.165, 1.54) is 0 Å². The van der Waals surface area contributed by atoms with E-state index in [2.05, 4.69) is 36.0 Å². The van der Waals surface area contributed by atoms with Crippen LogP contribution in [-0.4, -0.2) is 35.9 Å². The zero-order valence-electron chi connectivity index (χ0n) is 11.6. The maximum Gasteiger partial charge on any atom is 0.411 e. The Kier molecular flexibility index (Phi) is 5.43. The molecule has 8 heteroatoms. The van der Waals surface area contributed by atoms with Gasteiger partial charge in [-0.05, 0) is 35.7 Å². The minimum absolute atomic E-state index is 0.0448. The van der Waals surface area contributed by atoms with E-state index in [1.807, 2.05) is 6.92 Å². The molecule has 1 aliphatic carbocycles. The molecular formula is C13H17BrF3N3O. The number of ether oxygens (including phenoxy) is 1. The lowest BCUT2D eigenvalue weighted by Crippen LogP contribution is -2.18. The second kappa shape index (κ2) is 6.91. The molecule has 21 heavy (non-hydrogen) atoms. The van der Waals surface area contributed by atoms with Crippen molar-refractivity contribution in [3.63, 3.8) is 0 Å². The van der Waals surface area contributed by atoms with Gasteiger partial charge in [-0.2, -0.15) is 13.2 Å². The maximum absolute atomic E-state index is 12.0. The first-order valence-electron chi connectivity index (χ1n) is 6.85. The molecule has 1 aromatic heterocycles. The van der Waals surface area contributed by atoms with Gasteiger partial charge in [-0.3, -0.25) is 0 Å². The minimum Gasteiger partial charge on any atom is -0.372 e. The Morgan fingerprint density at radius 1 is 1.33 bits per heavy atom. The summed E-state index contributed by atoms with van der Waals surface area (Å²) in [5.41, 5.74) is 0.937. The normalized spacial score (nSPS) is 15.3. The number of anilines is 1. The highest BCUT2D eigenvalue weighted by Gasteiger charge is 2.30. The predicted molar refractivity (Wildman–Crippen MR) is 76.4 cm³/mol. The summed E-state index contributed by atoms with van der Waals surface area (Å²) < 4.78 is 41.5. The maximum atomic E-state index is 12.0. The lowest BCUT2D eigenvalue weighted by atomic mass is 10.2. The largest absolute Gasteiger partial charge is 0.411 e. The van der Waals surface area contributed by atoms with Gasteiger partial charge < -0.3 is 10.1 Å². The first kappa shape index (κ1) is 16.5. The van der Waals surface area contributed by atoms with Crippen LogP contribution in [0.3, 0.4) is 0 Å². The standard InChI is InChI=1S/C13H17BrF3N3O/c1-2-18-12-10(14)11(8-3-4-8)19-9(20-12)5-6-21-7-13(15,16)17/h8H,2-7H2,1H3,(H,18,19,20). The Bertz CT molecular complexity index is 492. The van der Waals surface area contributed by atoms with Crippen molar-refractivity contribution in [1.82, 2.24) is 9.97 Å². The fourth-order valence-corrected chi connectivity index (χ4v) is 2.53. The average molecular weight is 368 g/mol. The van der Waals surface area contributed by atoms with Crippen molar-refractivity contribution in [3.05, 3.63) is 16.0 Å². The van der Waals surface area contributed by atoms with Crippen molar-refractivity contribution < 1.29 is 17.9 Å². The first-order valence-corrected chi connectivity index (χ1v) is 7.64. The SMILES string of the molecule is CCNc1nc(CCOCC(F)(F)F)nc(C2CC2)c1Br. The van der Waals surface area contributed by atoms with Crippen molar-refractivity contribution >= 4 is 21.7 Å². The Balaban J connectivity index is 2.01. The molecule has 1 aromatic rings. The molecule has 0 saturated heterocycles. The van der Waals surface area contributed by atoms with Crippen molar-refractivity contribution in [3.8, 4) is 0 Å². The third-order valence-electron chi connectivity index (χ3n) is 2.97. The van der Waals surface area contributed by atoms with Crippen LogP contribution in [0.4, 0.5) is 19.0 Å². The quantitative estimate of drug-likeness (QED) is 0.747. The van der Waals surface area contributed by atoms with Crippen LogP contribution < -0.4 is 5.32 Å². The fraction of sp³-hybridized carbons (Fsp3) is 0.692. The summed E-state index contributed by atoms with van der Waals surface area (Å²) in [6.07, 6.45) is -1.85. The van der Waals surface area contributed by atoms with Gasteiger partial charge in [0.25, 0.3) is 0 Å². The van der Waals surface area contributed by atoms with Gasteiger partial charge in [-0.1, -0.05) is 0 Å². The van der Waals surface area contributed by atoms with Crippen molar-refractivity contribution in [2.24, 2.45) is 0 Å². The second-order valence-electron chi connectivity index (χ2n) is 4.91. The summed E-state index contributed by atoms with van der Waals surface area (Å²) in [6.45, 7) is 1.39. The molecule has 0 radical (unpaired) electrons. The molecule has 0 atom stereocenters. The number of halogens is 4. The summed E-state index contributed by atoms with van der Waals surface area (Å²) in [5, 5.41) is 3.14. The van der Waals surface area contributed by atoms with Gasteiger partial charge in [0.2, 0.25) is 0 Å². The van der Waals surface area contributed by atoms with Crippen molar-refractivity contribution in [2.45, 2.75) is 38.3 Å². The van der Waals surface area contributed by atoms with Gasteiger partial charge in [-0.25, -0.2) is 9.97 Å². The van der Waals surface area contributed by atoms with Gasteiger partial charge >= 0.3 is 6.18 Å². The smallest absolute Gasteiger partial charge is 0.372 e. The molecule has 118 valence electrons. The van der Waals surface area contributed by atoms with E-state index < -0.39 is 12.8 Å². The van der Waals surface area contributed by atoms with Crippen LogP contribution in [0, 0.1) is 0 Å². The zero-order chi connectivity index (χ0) is 15.5. The highest BCUT2D eigenvalue weighted by Crippen LogP contribution is 2.43. The lowest BCUT2D eigenvalue weighted by molar-refractivity contribution is -0.173. The van der Waals surface area contributed by atoms with E-state index in [9.17, 15) is 13.2 Å². The van der Waals surface area contributed by atoms with E-state index in [1.54, 1.807) is 0 Å². The Morgan fingerprint density at radius 3 is 2.62 bits per heavy atom. The molecule has 0 spiro atoms. The van der Waals surface area contributed by atoms with Crippen LogP contribution in [-0.2, 0) is 11.2 Å². The van der Waals surface area contributed by atoms with Crippen LogP contribution >= 0.6 is 15.9 Å². The highest BCUT2D eigenvalue weighted by molar-refractivity contribution is 9.10. The average Bonchev–Trinajstić information content (AvgIpc) is 3.21. The number of nitrogens with zero attached hydrogens (tertiary/aromatic N) is 2. The first-order chi connectivity index (χ1) is 9.90. The number of aromatic nitrogens is 2. The topological polar surface area (TPSA) is 47.0 Å². The van der Waals surface area contributed by atoms with E-state index >= 15 is 0 Å². The van der Waals surface area contributed by atoms with Crippen LogP contribution in [0.25, 0.3) is 0 Å². The molecule has 2 rings (SSSR count). The number of hydrogen-bond acceptors (Lipinski definition) is 4. The Hall–Kier alpha value is -0.890. The highest BCUT2D eigenvalue weighted by atomic mass is 79.9. The molecule has 0 unspecified atom stereocenters. The fourth-order valence-electron chi connectivity index (χ4n) is 1.89. The lowest BCUT2D eigenvalue weighted by Gasteiger charge is -2.12.